The zero-order valence-electron chi connectivity index (χ0n) is 14.1. The Labute approximate surface area is 151 Å². The molecule has 25 heavy (non-hydrogen) atoms. The molecule has 0 aliphatic carbocycles. The van der Waals surface area contributed by atoms with Crippen LogP contribution in [0.15, 0.2) is 47.9 Å². The number of hydrogen-bond donors (Lipinski definition) is 1. The average Bonchev–Trinajstić information content (AvgIpc) is 3.14. The van der Waals surface area contributed by atoms with Crippen LogP contribution in [-0.2, 0) is 4.79 Å². The second-order valence-corrected chi connectivity index (χ2v) is 6.99. The van der Waals surface area contributed by atoms with Crippen LogP contribution in [0.3, 0.4) is 0 Å². The lowest BCUT2D eigenvalue weighted by Gasteiger charge is -2.32. The molecule has 2 aromatic rings. The van der Waals surface area contributed by atoms with Crippen LogP contribution in [0, 0.1) is 0 Å². The third kappa shape index (κ3) is 4.78. The summed E-state index contributed by atoms with van der Waals surface area (Å²) in [5, 5.41) is 4.77. The van der Waals surface area contributed by atoms with E-state index in [4.69, 9.17) is 0 Å². The molecule has 0 saturated carbocycles. The van der Waals surface area contributed by atoms with Crippen molar-refractivity contribution in [2.75, 3.05) is 38.5 Å². The number of nitrogens with zero attached hydrogens (tertiary/aromatic N) is 2. The largest absolute Gasteiger partial charge is 0.336 e. The Morgan fingerprint density at radius 2 is 1.92 bits per heavy atom. The zero-order valence-corrected chi connectivity index (χ0v) is 15.0. The predicted octanol–water partition coefficient (Wildman–Crippen LogP) is 2.79. The molecule has 2 heterocycles. The summed E-state index contributed by atoms with van der Waals surface area (Å²) in [7, 11) is 2.06. The van der Waals surface area contributed by atoms with Gasteiger partial charge in [-0.2, -0.15) is 0 Å². The molecule has 2 amide bonds. The van der Waals surface area contributed by atoms with Gasteiger partial charge in [-0.3, -0.25) is 9.59 Å². The van der Waals surface area contributed by atoms with E-state index in [0.717, 1.165) is 31.1 Å². The first-order chi connectivity index (χ1) is 12.1. The molecule has 1 aromatic heterocycles. The summed E-state index contributed by atoms with van der Waals surface area (Å²) >= 11 is 1.57. The molecule has 1 saturated heterocycles. The van der Waals surface area contributed by atoms with E-state index in [0.29, 0.717) is 11.3 Å². The first-order valence-electron chi connectivity index (χ1n) is 8.22. The van der Waals surface area contributed by atoms with Crippen molar-refractivity contribution in [2.24, 2.45) is 0 Å². The van der Waals surface area contributed by atoms with E-state index < -0.39 is 0 Å². The predicted molar refractivity (Wildman–Crippen MR) is 102 cm³/mol. The van der Waals surface area contributed by atoms with Gasteiger partial charge in [-0.05, 0) is 42.8 Å². The fourth-order valence-electron chi connectivity index (χ4n) is 2.65. The summed E-state index contributed by atoms with van der Waals surface area (Å²) in [4.78, 5) is 29.7. The standard InChI is InChI=1S/C19H21N3O2S/c1-21-9-11-22(12-10-21)19(24)15-4-2-5-16(14-15)20-18(23)8-7-17-6-3-13-25-17/h2-8,13-14H,9-12H2,1H3,(H,20,23)/b8-7+. The lowest BCUT2D eigenvalue weighted by molar-refractivity contribution is -0.111. The molecule has 1 aliphatic rings. The van der Waals surface area contributed by atoms with Gasteiger partial charge in [0.15, 0.2) is 0 Å². The van der Waals surface area contributed by atoms with Crippen molar-refractivity contribution in [3.8, 4) is 0 Å². The Morgan fingerprint density at radius 3 is 2.64 bits per heavy atom. The molecule has 1 aliphatic heterocycles. The Bertz CT molecular complexity index is 763. The van der Waals surface area contributed by atoms with Crippen molar-refractivity contribution < 1.29 is 9.59 Å². The summed E-state index contributed by atoms with van der Waals surface area (Å²) in [6, 6.07) is 11.0. The minimum Gasteiger partial charge on any atom is -0.336 e. The van der Waals surface area contributed by atoms with Gasteiger partial charge >= 0.3 is 0 Å². The van der Waals surface area contributed by atoms with Crippen molar-refractivity contribution in [2.45, 2.75) is 0 Å². The molecular formula is C19H21N3O2S. The van der Waals surface area contributed by atoms with Crippen LogP contribution in [0.1, 0.15) is 15.2 Å². The second kappa shape index (κ2) is 8.09. The van der Waals surface area contributed by atoms with E-state index in [2.05, 4.69) is 17.3 Å². The number of amides is 2. The summed E-state index contributed by atoms with van der Waals surface area (Å²) in [5.74, 6) is -0.198. The molecule has 0 radical (unpaired) electrons. The molecule has 1 N–H and O–H groups in total. The summed E-state index contributed by atoms with van der Waals surface area (Å²) in [6.07, 6.45) is 3.28. The number of benzene rings is 1. The van der Waals surface area contributed by atoms with Gasteiger partial charge in [0.2, 0.25) is 5.91 Å². The van der Waals surface area contributed by atoms with Crippen LogP contribution in [0.4, 0.5) is 5.69 Å². The van der Waals surface area contributed by atoms with Gasteiger partial charge in [-0.25, -0.2) is 0 Å². The van der Waals surface area contributed by atoms with Gasteiger partial charge in [0.05, 0.1) is 0 Å². The molecule has 6 heteroatoms. The second-order valence-electron chi connectivity index (χ2n) is 6.01. The smallest absolute Gasteiger partial charge is 0.254 e. The van der Waals surface area contributed by atoms with Crippen molar-refractivity contribution in [3.05, 3.63) is 58.3 Å². The van der Waals surface area contributed by atoms with Crippen LogP contribution in [-0.4, -0.2) is 54.8 Å². The van der Waals surface area contributed by atoms with Crippen LogP contribution in [0.5, 0.6) is 0 Å². The SMILES string of the molecule is CN1CCN(C(=O)c2cccc(NC(=O)/C=C/c3cccs3)c2)CC1. The number of carbonyl (C=O) groups is 2. The molecule has 1 aromatic carbocycles. The highest BCUT2D eigenvalue weighted by molar-refractivity contribution is 7.10. The molecule has 0 atom stereocenters. The van der Waals surface area contributed by atoms with E-state index in [-0.39, 0.29) is 11.8 Å². The van der Waals surface area contributed by atoms with Crippen LogP contribution >= 0.6 is 11.3 Å². The topological polar surface area (TPSA) is 52.6 Å². The van der Waals surface area contributed by atoms with Gasteiger partial charge in [0, 0.05) is 48.4 Å². The van der Waals surface area contributed by atoms with Gasteiger partial charge in [-0.15, -0.1) is 11.3 Å². The summed E-state index contributed by atoms with van der Waals surface area (Å²) < 4.78 is 0. The third-order valence-corrected chi connectivity index (χ3v) is 4.95. The summed E-state index contributed by atoms with van der Waals surface area (Å²) in [6.45, 7) is 3.23. The van der Waals surface area contributed by atoms with Crippen LogP contribution in [0.25, 0.3) is 6.08 Å². The minimum absolute atomic E-state index is 0.0123. The van der Waals surface area contributed by atoms with Crippen molar-refractivity contribution in [3.63, 3.8) is 0 Å². The molecule has 0 bridgehead atoms. The number of thiophene rings is 1. The number of nitrogens with one attached hydrogen (secondary N) is 1. The molecule has 5 nitrogen and oxygen atoms in total. The maximum Gasteiger partial charge on any atom is 0.254 e. The molecular weight excluding hydrogens is 334 g/mol. The molecule has 0 spiro atoms. The third-order valence-electron chi connectivity index (χ3n) is 4.11. The minimum atomic E-state index is -0.211. The highest BCUT2D eigenvalue weighted by Gasteiger charge is 2.20. The molecule has 130 valence electrons. The molecule has 0 unspecified atom stereocenters. The first kappa shape index (κ1) is 17.4. The Kier molecular flexibility index (Phi) is 5.63. The number of likely N-dealkylation sites (N-methyl/N-ethyl adjacent to an activating group) is 1. The lowest BCUT2D eigenvalue weighted by Crippen LogP contribution is -2.47. The van der Waals surface area contributed by atoms with Gasteiger partial charge in [0.25, 0.3) is 5.91 Å². The Morgan fingerprint density at radius 1 is 1.12 bits per heavy atom. The molecule has 3 rings (SSSR count). The van der Waals surface area contributed by atoms with Crippen molar-refractivity contribution in [1.82, 2.24) is 9.80 Å². The number of piperazine rings is 1. The van der Waals surface area contributed by atoms with Crippen molar-refractivity contribution in [1.29, 1.82) is 0 Å². The number of anilines is 1. The highest BCUT2D eigenvalue weighted by Crippen LogP contribution is 2.15. The lowest BCUT2D eigenvalue weighted by atomic mass is 10.1. The van der Waals surface area contributed by atoms with Crippen LogP contribution < -0.4 is 5.32 Å². The maximum absolute atomic E-state index is 12.6. The maximum atomic E-state index is 12.6. The average molecular weight is 355 g/mol. The Balaban J connectivity index is 1.63. The van der Waals surface area contributed by atoms with E-state index in [1.54, 1.807) is 41.7 Å². The molecule has 1 fully saturated rings. The van der Waals surface area contributed by atoms with Gasteiger partial charge < -0.3 is 15.1 Å². The van der Waals surface area contributed by atoms with E-state index >= 15 is 0 Å². The normalized spacial score (nSPS) is 15.5. The van der Waals surface area contributed by atoms with Gasteiger partial charge in [-0.1, -0.05) is 12.1 Å². The van der Waals surface area contributed by atoms with Gasteiger partial charge in [0.1, 0.15) is 0 Å². The number of carbonyl (C=O) groups excluding carboxylic acids is 2. The fraction of sp³-hybridized carbons (Fsp3) is 0.263. The number of hydrogen-bond acceptors (Lipinski definition) is 4. The van der Waals surface area contributed by atoms with Crippen LogP contribution in [0.2, 0.25) is 0 Å². The van der Waals surface area contributed by atoms with E-state index in [9.17, 15) is 9.59 Å². The van der Waals surface area contributed by atoms with E-state index in [1.807, 2.05) is 22.4 Å². The highest BCUT2D eigenvalue weighted by atomic mass is 32.1. The monoisotopic (exact) mass is 355 g/mol. The van der Waals surface area contributed by atoms with E-state index in [1.165, 1.54) is 6.08 Å². The number of rotatable bonds is 4. The summed E-state index contributed by atoms with van der Waals surface area (Å²) in [5.41, 5.74) is 1.23. The quantitative estimate of drug-likeness (QED) is 0.858. The first-order valence-corrected chi connectivity index (χ1v) is 9.10. The van der Waals surface area contributed by atoms with Crippen molar-refractivity contribution >= 4 is 34.9 Å². The Hall–Kier alpha value is -2.44. The fourth-order valence-corrected chi connectivity index (χ4v) is 3.27. The zero-order chi connectivity index (χ0) is 17.6.